The fraction of sp³-hybridized carbons (Fsp3) is 0.783. The SMILES string of the molecule is CC[C@H]1OC(=O)[C@H](C)C(OC2CC(C)(OC)C(OC(C)=O)C(C)O2)[C@H](C)[C@@H](O[C@@H]2O[C@H](C)C[C@H](N(C)C)[C@H]2OC(C)=O)[C@](C)(OC)C[C@@H](C)C(=O)C(C)=C[C@]1(C)OC(=O)n1ccnc1. The molecule has 0 amide bonds. The Balaban J connectivity index is 1.93. The molecule has 2 saturated heterocycles. The van der Waals surface area contributed by atoms with Gasteiger partial charge < -0.3 is 52.3 Å². The van der Waals surface area contributed by atoms with Gasteiger partial charge in [0.15, 0.2) is 36.2 Å². The van der Waals surface area contributed by atoms with Crippen molar-refractivity contribution in [2.24, 2.45) is 17.8 Å². The summed E-state index contributed by atoms with van der Waals surface area (Å²) in [5.74, 6) is -4.59. The number of cyclic esters (lactones) is 1. The van der Waals surface area contributed by atoms with E-state index in [1.165, 1.54) is 52.9 Å². The molecular weight excluding hydrogens is 835 g/mol. The highest BCUT2D eigenvalue weighted by Crippen LogP contribution is 2.42. The number of imidazole rings is 1. The normalized spacial score (nSPS) is 39.3. The molecule has 4 heterocycles. The van der Waals surface area contributed by atoms with Crippen molar-refractivity contribution in [3.63, 3.8) is 0 Å². The summed E-state index contributed by atoms with van der Waals surface area (Å²) in [4.78, 5) is 73.6. The van der Waals surface area contributed by atoms with Crippen molar-refractivity contribution in [1.82, 2.24) is 14.5 Å². The van der Waals surface area contributed by atoms with Crippen molar-refractivity contribution < 1.29 is 71.3 Å². The monoisotopic (exact) mass is 908 g/mol. The number of allylic oxidation sites excluding steroid dienone is 1. The van der Waals surface area contributed by atoms with Gasteiger partial charge in [0.1, 0.15) is 18.0 Å². The molecule has 0 aromatic carbocycles. The number of aromatic nitrogens is 2. The molecule has 18 heteroatoms. The maximum absolute atomic E-state index is 14.8. The number of Topliss-reactive ketones (excluding diaryl/α,β-unsaturated/α-hetero) is 1. The number of methoxy groups -OCH3 is 2. The Bertz CT molecular complexity index is 1810. The van der Waals surface area contributed by atoms with Crippen LogP contribution in [0.2, 0.25) is 0 Å². The molecule has 0 N–H and O–H groups in total. The summed E-state index contributed by atoms with van der Waals surface area (Å²) < 4.78 is 64.5. The number of ether oxygens (including phenoxy) is 10. The molecule has 1 aromatic rings. The molecule has 362 valence electrons. The predicted octanol–water partition coefficient (Wildman–Crippen LogP) is 5.42. The largest absolute Gasteiger partial charge is 0.457 e. The Morgan fingerprint density at radius 3 is 2.06 bits per heavy atom. The van der Waals surface area contributed by atoms with Gasteiger partial charge in [-0.3, -0.25) is 19.2 Å². The van der Waals surface area contributed by atoms with Crippen LogP contribution in [0.25, 0.3) is 0 Å². The molecule has 3 aliphatic heterocycles. The minimum absolute atomic E-state index is 0.0849. The van der Waals surface area contributed by atoms with Gasteiger partial charge >= 0.3 is 24.0 Å². The molecule has 64 heavy (non-hydrogen) atoms. The lowest BCUT2D eigenvalue weighted by Crippen LogP contribution is -2.61. The van der Waals surface area contributed by atoms with Gasteiger partial charge in [-0.05, 0) is 93.5 Å². The Kier molecular flexibility index (Phi) is 17.9. The Hall–Kier alpha value is -3.78. The van der Waals surface area contributed by atoms with Gasteiger partial charge in [-0.25, -0.2) is 14.3 Å². The zero-order chi connectivity index (χ0) is 48.1. The fourth-order valence-electron chi connectivity index (χ4n) is 9.64. The van der Waals surface area contributed by atoms with Crippen LogP contribution >= 0.6 is 0 Å². The van der Waals surface area contributed by atoms with E-state index in [1.807, 2.05) is 39.8 Å². The molecule has 18 nitrogen and oxygen atoms in total. The summed E-state index contributed by atoms with van der Waals surface area (Å²) in [6, 6.07) is -0.299. The van der Waals surface area contributed by atoms with Gasteiger partial charge in [-0.1, -0.05) is 20.8 Å². The highest BCUT2D eigenvalue weighted by atomic mass is 16.7. The first kappa shape index (κ1) is 52.8. The topological polar surface area (TPSA) is 199 Å². The molecule has 4 rings (SSSR count). The Labute approximate surface area is 378 Å². The van der Waals surface area contributed by atoms with Crippen molar-refractivity contribution in [2.75, 3.05) is 28.3 Å². The van der Waals surface area contributed by atoms with E-state index >= 15 is 0 Å². The zero-order valence-corrected chi connectivity index (χ0v) is 40.6. The van der Waals surface area contributed by atoms with E-state index in [0.29, 0.717) is 6.42 Å². The van der Waals surface area contributed by atoms with Crippen LogP contribution in [0, 0.1) is 17.8 Å². The third-order valence-electron chi connectivity index (χ3n) is 13.1. The second-order valence-electron chi connectivity index (χ2n) is 18.7. The summed E-state index contributed by atoms with van der Waals surface area (Å²) in [5.41, 5.74) is -3.75. The Morgan fingerprint density at radius 1 is 0.891 bits per heavy atom. The number of carbonyl (C=O) groups is 5. The van der Waals surface area contributed by atoms with Crippen LogP contribution in [0.1, 0.15) is 109 Å². The molecule has 3 aliphatic rings. The van der Waals surface area contributed by atoms with Gasteiger partial charge in [0.25, 0.3) is 0 Å². The highest BCUT2D eigenvalue weighted by Gasteiger charge is 2.54. The van der Waals surface area contributed by atoms with Crippen LogP contribution in [-0.4, -0.2) is 151 Å². The minimum atomic E-state index is -1.63. The zero-order valence-electron chi connectivity index (χ0n) is 40.6. The third kappa shape index (κ3) is 12.2. The number of ketones is 1. The van der Waals surface area contributed by atoms with E-state index in [1.54, 1.807) is 48.5 Å². The number of esters is 3. The number of nitrogens with zero attached hydrogens (tertiary/aromatic N) is 3. The van der Waals surface area contributed by atoms with Crippen molar-refractivity contribution in [3.05, 3.63) is 30.4 Å². The van der Waals surface area contributed by atoms with E-state index in [4.69, 9.17) is 47.4 Å². The fourth-order valence-corrected chi connectivity index (χ4v) is 9.64. The molecule has 2 fully saturated rings. The molecule has 1 aromatic heterocycles. The van der Waals surface area contributed by atoms with Crippen molar-refractivity contribution in [3.8, 4) is 0 Å². The maximum atomic E-state index is 14.8. The average molecular weight is 908 g/mol. The molecule has 0 radical (unpaired) electrons. The molecular formula is C46H73N3O15. The minimum Gasteiger partial charge on any atom is -0.457 e. The summed E-state index contributed by atoms with van der Waals surface area (Å²) in [7, 11) is 6.80. The van der Waals surface area contributed by atoms with E-state index < -0.39 is 108 Å². The number of likely N-dealkylation sites (N-methyl/N-ethyl adjacent to an activating group) is 1. The van der Waals surface area contributed by atoms with Crippen LogP contribution in [-0.2, 0) is 66.5 Å². The lowest BCUT2D eigenvalue weighted by molar-refractivity contribution is -0.320. The summed E-state index contributed by atoms with van der Waals surface area (Å²) in [6.45, 7) is 20.2. The summed E-state index contributed by atoms with van der Waals surface area (Å²) in [5, 5.41) is 0. The number of carbonyl (C=O) groups excluding carboxylic acids is 5. The van der Waals surface area contributed by atoms with E-state index in [-0.39, 0.29) is 42.8 Å². The van der Waals surface area contributed by atoms with Crippen LogP contribution in [0.15, 0.2) is 30.4 Å². The molecule has 0 aliphatic carbocycles. The smallest absolute Gasteiger partial charge is 0.420 e. The number of hydrogen-bond acceptors (Lipinski definition) is 17. The summed E-state index contributed by atoms with van der Waals surface area (Å²) >= 11 is 0. The maximum Gasteiger partial charge on any atom is 0.420 e. The predicted molar refractivity (Wildman–Crippen MR) is 231 cm³/mol. The van der Waals surface area contributed by atoms with E-state index in [0.717, 1.165) is 4.57 Å². The first-order valence-electron chi connectivity index (χ1n) is 22.2. The molecule has 16 atom stereocenters. The van der Waals surface area contributed by atoms with Gasteiger partial charge in [-0.2, -0.15) is 0 Å². The summed E-state index contributed by atoms with van der Waals surface area (Å²) in [6.07, 6.45) is -2.27. The Morgan fingerprint density at radius 2 is 1.52 bits per heavy atom. The van der Waals surface area contributed by atoms with Crippen LogP contribution in [0.4, 0.5) is 4.79 Å². The van der Waals surface area contributed by atoms with E-state index in [9.17, 15) is 24.0 Å². The quantitative estimate of drug-likeness (QED) is 0.201. The molecule has 5 unspecified atom stereocenters. The standard InChI is InChI=1S/C46H73N3O15/c1-17-34-44(10,64-43(54)49-19-18-47-24-49)21-25(2)36(52)26(3)22-45(11,55-15)39(63-42-38(59-31(8)50)33(48(13)14)20-27(4)57-42)28(5)37(29(6)41(53)61-34)62-35-23-46(12,56-16)40(30(7)58-35)60-32(9)51/h18-19,21,24,26-30,33-35,37-40,42H,17,20,22-23H2,1-16H3/t26-,27-,28+,29-,30?,33+,34-,35?,37?,38-,39-,40?,42+,44+,45-,46?/m1/s1. The van der Waals surface area contributed by atoms with Crippen LogP contribution < -0.4 is 0 Å². The van der Waals surface area contributed by atoms with E-state index in [2.05, 4.69) is 4.98 Å². The first-order chi connectivity index (χ1) is 29.8. The number of hydrogen-bond donors (Lipinski definition) is 0. The highest BCUT2D eigenvalue weighted by molar-refractivity contribution is 5.96. The van der Waals surface area contributed by atoms with Gasteiger partial charge in [0.05, 0.1) is 42.0 Å². The van der Waals surface area contributed by atoms with Crippen LogP contribution in [0.5, 0.6) is 0 Å². The molecule has 0 saturated carbocycles. The van der Waals surface area contributed by atoms with Gasteiger partial charge in [-0.15, -0.1) is 0 Å². The molecule has 0 spiro atoms. The van der Waals surface area contributed by atoms with Crippen molar-refractivity contribution in [2.45, 2.75) is 187 Å². The molecule has 0 bridgehead atoms. The van der Waals surface area contributed by atoms with Gasteiger partial charge in [0, 0.05) is 58.7 Å². The average Bonchev–Trinajstić information content (AvgIpc) is 3.77. The van der Waals surface area contributed by atoms with Crippen molar-refractivity contribution >= 4 is 29.8 Å². The van der Waals surface area contributed by atoms with Crippen molar-refractivity contribution in [1.29, 1.82) is 0 Å². The number of rotatable bonds is 11. The first-order valence-corrected chi connectivity index (χ1v) is 22.2. The third-order valence-corrected chi connectivity index (χ3v) is 13.1. The second-order valence-corrected chi connectivity index (χ2v) is 18.7. The second kappa shape index (κ2) is 21.7. The lowest BCUT2D eigenvalue weighted by atomic mass is 9.76. The lowest BCUT2D eigenvalue weighted by Gasteiger charge is -2.50. The van der Waals surface area contributed by atoms with Crippen LogP contribution in [0.3, 0.4) is 0 Å². The van der Waals surface area contributed by atoms with Gasteiger partial charge in [0.2, 0.25) is 0 Å².